The predicted octanol–water partition coefficient (Wildman–Crippen LogP) is -0.167. The largest absolute Gasteiger partial charge is 0.482 e. The van der Waals surface area contributed by atoms with Crippen molar-refractivity contribution in [2.24, 2.45) is 0 Å². The van der Waals surface area contributed by atoms with E-state index in [0.717, 1.165) is 0 Å². The van der Waals surface area contributed by atoms with Gasteiger partial charge >= 0.3 is 0 Å². The van der Waals surface area contributed by atoms with Crippen molar-refractivity contribution < 1.29 is 19.4 Å². The summed E-state index contributed by atoms with van der Waals surface area (Å²) in [5.74, 6) is 0.390. The zero-order chi connectivity index (χ0) is 13.9. The van der Waals surface area contributed by atoms with Gasteiger partial charge in [-0.15, -0.1) is 0 Å². The van der Waals surface area contributed by atoms with Crippen molar-refractivity contribution in [3.63, 3.8) is 0 Å². The number of hydrogen-bond acceptors (Lipinski definition) is 5. The molecule has 106 valence electrons. The molecule has 0 bridgehead atoms. The molecule has 0 saturated carbocycles. The number of carbonyl (C=O) groups is 1. The van der Waals surface area contributed by atoms with Crippen LogP contribution >= 0.6 is 0 Å². The van der Waals surface area contributed by atoms with Gasteiger partial charge < -0.3 is 19.9 Å². The molecule has 1 amide bonds. The lowest BCUT2D eigenvalue weighted by Gasteiger charge is -2.22. The third-order valence-corrected chi connectivity index (χ3v) is 2.73. The molecule has 0 radical (unpaired) electrons. The van der Waals surface area contributed by atoms with Crippen LogP contribution < -0.4 is 10.1 Å². The highest BCUT2D eigenvalue weighted by molar-refractivity contribution is 5.77. The third kappa shape index (κ3) is 4.22. The summed E-state index contributed by atoms with van der Waals surface area (Å²) in [5, 5.41) is 18.9. The molecule has 1 aromatic rings. The highest BCUT2D eigenvalue weighted by atomic mass is 16.5. The first-order valence-electron chi connectivity index (χ1n) is 6.19. The molecule has 0 unspecified atom stereocenters. The number of ether oxygens (including phenoxy) is 2. The van der Waals surface area contributed by atoms with E-state index in [2.05, 4.69) is 15.5 Å². The smallest absolute Gasteiger partial charge is 0.223 e. The number of nitrogens with one attached hydrogen (secondary N) is 2. The van der Waals surface area contributed by atoms with E-state index in [-0.39, 0.29) is 24.5 Å². The Morgan fingerprint density at radius 3 is 3.11 bits per heavy atom. The van der Waals surface area contributed by atoms with Gasteiger partial charge in [-0.1, -0.05) is 0 Å². The van der Waals surface area contributed by atoms with Crippen LogP contribution in [0.25, 0.3) is 0 Å². The maximum Gasteiger partial charge on any atom is 0.223 e. The van der Waals surface area contributed by atoms with E-state index in [4.69, 9.17) is 9.47 Å². The Balaban J connectivity index is 1.87. The lowest BCUT2D eigenvalue weighted by molar-refractivity contribution is -0.126. The minimum Gasteiger partial charge on any atom is -0.482 e. The minimum absolute atomic E-state index is 0.0436. The highest BCUT2D eigenvalue weighted by Gasteiger charge is 2.32. The molecule has 0 aliphatic carbocycles. The van der Waals surface area contributed by atoms with Crippen LogP contribution in [-0.2, 0) is 9.53 Å². The SMILES string of the molecule is CC(C)(O)CC(=O)N[C@H]1COC[C@H]1Oc1cn[nH]c1. The van der Waals surface area contributed by atoms with Gasteiger partial charge in [0.1, 0.15) is 6.10 Å². The van der Waals surface area contributed by atoms with Crippen molar-refractivity contribution in [2.75, 3.05) is 13.2 Å². The summed E-state index contributed by atoms with van der Waals surface area (Å²) >= 11 is 0. The van der Waals surface area contributed by atoms with Gasteiger partial charge in [0.25, 0.3) is 0 Å². The van der Waals surface area contributed by atoms with E-state index in [1.54, 1.807) is 26.2 Å². The van der Waals surface area contributed by atoms with Crippen molar-refractivity contribution in [1.29, 1.82) is 0 Å². The van der Waals surface area contributed by atoms with Crippen LogP contribution in [0.1, 0.15) is 20.3 Å². The molecule has 3 N–H and O–H groups in total. The average Bonchev–Trinajstić information content (AvgIpc) is 2.89. The van der Waals surface area contributed by atoms with Crippen molar-refractivity contribution in [2.45, 2.75) is 38.0 Å². The summed E-state index contributed by atoms with van der Waals surface area (Å²) in [6.45, 7) is 4.01. The van der Waals surface area contributed by atoms with Crippen molar-refractivity contribution >= 4 is 5.91 Å². The summed E-state index contributed by atoms with van der Waals surface area (Å²) in [5.41, 5.74) is -1.02. The van der Waals surface area contributed by atoms with Crippen molar-refractivity contribution in [3.8, 4) is 5.75 Å². The Labute approximate surface area is 111 Å². The Morgan fingerprint density at radius 1 is 1.68 bits per heavy atom. The zero-order valence-corrected chi connectivity index (χ0v) is 11.0. The Morgan fingerprint density at radius 2 is 2.47 bits per heavy atom. The van der Waals surface area contributed by atoms with E-state index in [1.165, 1.54) is 0 Å². The van der Waals surface area contributed by atoms with E-state index in [0.29, 0.717) is 19.0 Å². The standard InChI is InChI=1S/C12H19N3O4/c1-12(2,17)3-11(16)15-9-6-18-7-10(9)19-8-4-13-14-5-8/h4-5,9-10,17H,3,6-7H2,1-2H3,(H,13,14)(H,15,16)/t9-,10+/m0/s1. The summed E-state index contributed by atoms with van der Waals surface area (Å²) < 4.78 is 11.0. The number of aliphatic hydroxyl groups is 1. The number of nitrogens with zero attached hydrogens (tertiary/aromatic N) is 1. The third-order valence-electron chi connectivity index (χ3n) is 2.73. The summed E-state index contributed by atoms with van der Waals surface area (Å²) in [6, 6.07) is -0.218. The Hall–Kier alpha value is -1.60. The van der Waals surface area contributed by atoms with Crippen molar-refractivity contribution in [1.82, 2.24) is 15.5 Å². The fraction of sp³-hybridized carbons (Fsp3) is 0.667. The molecule has 7 heteroatoms. The molecule has 1 aliphatic heterocycles. The number of amides is 1. The first-order valence-corrected chi connectivity index (χ1v) is 6.19. The fourth-order valence-corrected chi connectivity index (χ4v) is 1.91. The maximum atomic E-state index is 11.8. The Kier molecular flexibility index (Phi) is 4.06. The van der Waals surface area contributed by atoms with Gasteiger partial charge in [-0.2, -0.15) is 5.10 Å². The number of H-pyrrole nitrogens is 1. The number of aromatic nitrogens is 2. The van der Waals surface area contributed by atoms with Gasteiger partial charge in [0.2, 0.25) is 5.91 Å². The number of hydrogen-bond donors (Lipinski definition) is 3. The normalized spacial score (nSPS) is 23.3. The molecule has 1 fully saturated rings. The van der Waals surface area contributed by atoms with Gasteiger partial charge in [-0.3, -0.25) is 9.89 Å². The van der Waals surface area contributed by atoms with E-state index < -0.39 is 5.60 Å². The molecule has 1 saturated heterocycles. The van der Waals surface area contributed by atoms with E-state index >= 15 is 0 Å². The van der Waals surface area contributed by atoms with Crippen molar-refractivity contribution in [3.05, 3.63) is 12.4 Å². The molecular weight excluding hydrogens is 250 g/mol. The van der Waals surface area contributed by atoms with Crippen LogP contribution in [0, 0.1) is 0 Å². The fourth-order valence-electron chi connectivity index (χ4n) is 1.91. The predicted molar refractivity (Wildman–Crippen MR) is 66.7 cm³/mol. The lowest BCUT2D eigenvalue weighted by Crippen LogP contribution is -2.46. The molecule has 2 heterocycles. The molecule has 0 spiro atoms. The zero-order valence-electron chi connectivity index (χ0n) is 11.0. The second-order valence-corrected chi connectivity index (χ2v) is 5.29. The Bertz CT molecular complexity index is 413. The number of rotatable bonds is 5. The monoisotopic (exact) mass is 269 g/mol. The van der Waals surface area contributed by atoms with E-state index in [9.17, 15) is 9.90 Å². The van der Waals surface area contributed by atoms with Crippen LogP contribution in [0.15, 0.2) is 12.4 Å². The first kappa shape index (κ1) is 13.8. The number of carbonyl (C=O) groups excluding carboxylic acids is 1. The summed E-state index contributed by atoms with van der Waals surface area (Å²) in [7, 11) is 0. The highest BCUT2D eigenvalue weighted by Crippen LogP contribution is 2.16. The molecule has 1 aliphatic rings. The van der Waals surface area contributed by atoms with E-state index in [1.807, 2.05) is 0 Å². The number of aromatic amines is 1. The van der Waals surface area contributed by atoms with Crippen LogP contribution in [-0.4, -0.2) is 52.2 Å². The van der Waals surface area contributed by atoms with Crippen LogP contribution in [0.3, 0.4) is 0 Å². The molecule has 2 atom stereocenters. The van der Waals surface area contributed by atoms with Crippen LogP contribution in [0.5, 0.6) is 5.75 Å². The van der Waals surface area contributed by atoms with Crippen LogP contribution in [0.4, 0.5) is 0 Å². The van der Waals surface area contributed by atoms with Gasteiger partial charge in [0.15, 0.2) is 5.75 Å². The van der Waals surface area contributed by atoms with Gasteiger partial charge in [-0.05, 0) is 13.8 Å². The molecule has 0 aromatic carbocycles. The topological polar surface area (TPSA) is 96.5 Å². The molecular formula is C12H19N3O4. The minimum atomic E-state index is -1.02. The molecule has 2 rings (SSSR count). The quantitative estimate of drug-likeness (QED) is 0.690. The second-order valence-electron chi connectivity index (χ2n) is 5.29. The molecule has 7 nitrogen and oxygen atoms in total. The first-order chi connectivity index (χ1) is 8.94. The molecule has 19 heavy (non-hydrogen) atoms. The van der Waals surface area contributed by atoms with Gasteiger partial charge in [0.05, 0.1) is 43.7 Å². The van der Waals surface area contributed by atoms with Gasteiger partial charge in [0, 0.05) is 0 Å². The average molecular weight is 269 g/mol. The second kappa shape index (κ2) is 5.58. The maximum absolute atomic E-state index is 11.8. The summed E-state index contributed by atoms with van der Waals surface area (Å²) in [6.07, 6.45) is 2.99. The van der Waals surface area contributed by atoms with Gasteiger partial charge in [-0.25, -0.2) is 0 Å². The summed E-state index contributed by atoms with van der Waals surface area (Å²) in [4.78, 5) is 11.8. The lowest BCUT2D eigenvalue weighted by atomic mass is 10.0. The molecule has 1 aromatic heterocycles. The van der Waals surface area contributed by atoms with Crippen LogP contribution in [0.2, 0.25) is 0 Å².